The molecule has 0 saturated carbocycles. The van der Waals surface area contributed by atoms with Crippen LogP contribution in [0.1, 0.15) is 28.9 Å². The molecule has 0 saturated heterocycles. The third kappa shape index (κ3) is 5.57. The number of hydrogen-bond acceptors (Lipinski definition) is 6. The van der Waals surface area contributed by atoms with Gasteiger partial charge in [-0.3, -0.25) is 9.10 Å². The van der Waals surface area contributed by atoms with Gasteiger partial charge in [-0.25, -0.2) is 16.8 Å². The van der Waals surface area contributed by atoms with Gasteiger partial charge in [0.25, 0.3) is 15.9 Å². The lowest BCUT2D eigenvalue weighted by Gasteiger charge is -2.20. The highest BCUT2D eigenvalue weighted by molar-refractivity contribution is 7.92. The minimum atomic E-state index is -3.78. The molecule has 0 aliphatic carbocycles. The van der Waals surface area contributed by atoms with Crippen LogP contribution in [0.2, 0.25) is 0 Å². The second-order valence-corrected chi connectivity index (χ2v) is 11.7. The van der Waals surface area contributed by atoms with Crippen molar-refractivity contribution in [2.75, 3.05) is 24.7 Å². The normalized spacial score (nSPS) is 12.6. The summed E-state index contributed by atoms with van der Waals surface area (Å²) in [6.45, 7) is 1.79. The van der Waals surface area contributed by atoms with Crippen LogP contribution in [0, 0.1) is 0 Å². The molecule has 1 amide bonds. The lowest BCUT2D eigenvalue weighted by Crippen LogP contribution is -2.28. The average molecular weight is 503 g/mol. The zero-order chi connectivity index (χ0) is 25.1. The second kappa shape index (κ2) is 9.86. The Morgan fingerprint density at radius 2 is 1.38 bits per heavy atom. The minimum absolute atomic E-state index is 0.119. The van der Waals surface area contributed by atoms with Crippen molar-refractivity contribution in [3.05, 3.63) is 83.9 Å². The molecule has 0 heterocycles. The number of ether oxygens (including phenoxy) is 1. The van der Waals surface area contributed by atoms with Gasteiger partial charge >= 0.3 is 0 Å². The van der Waals surface area contributed by atoms with Crippen molar-refractivity contribution in [2.24, 2.45) is 0 Å². The molecule has 0 aliphatic rings. The summed E-state index contributed by atoms with van der Waals surface area (Å²) < 4.78 is 55.2. The molecule has 10 heteroatoms. The van der Waals surface area contributed by atoms with E-state index in [1.165, 1.54) is 38.4 Å². The van der Waals surface area contributed by atoms with Crippen molar-refractivity contribution < 1.29 is 26.4 Å². The SMILES string of the molecule is COc1ccc(S(=O)(=O)N(C)c2ccc(C(=O)N[C@H](C)c3ccc(S(C)(=O)=O)cc3)cc2)cc1. The summed E-state index contributed by atoms with van der Waals surface area (Å²) in [5.41, 5.74) is 1.51. The molecule has 8 nitrogen and oxygen atoms in total. The van der Waals surface area contributed by atoms with E-state index in [1.54, 1.807) is 55.5 Å². The zero-order valence-electron chi connectivity index (χ0n) is 19.2. The van der Waals surface area contributed by atoms with Crippen molar-refractivity contribution in [3.8, 4) is 5.75 Å². The van der Waals surface area contributed by atoms with Gasteiger partial charge in [0.2, 0.25) is 0 Å². The number of methoxy groups -OCH3 is 1. The summed E-state index contributed by atoms with van der Waals surface area (Å²) >= 11 is 0. The van der Waals surface area contributed by atoms with Crippen LogP contribution in [0.25, 0.3) is 0 Å². The van der Waals surface area contributed by atoms with E-state index in [9.17, 15) is 21.6 Å². The Bertz CT molecular complexity index is 1370. The van der Waals surface area contributed by atoms with E-state index in [4.69, 9.17) is 4.74 Å². The predicted octanol–water partition coefficient (Wildman–Crippen LogP) is 3.41. The molecule has 0 bridgehead atoms. The largest absolute Gasteiger partial charge is 0.497 e. The van der Waals surface area contributed by atoms with Gasteiger partial charge in [0.1, 0.15) is 5.75 Å². The molecule has 3 rings (SSSR count). The van der Waals surface area contributed by atoms with E-state index in [0.717, 1.165) is 16.1 Å². The van der Waals surface area contributed by atoms with Gasteiger partial charge in [-0.05, 0) is 73.2 Å². The molecule has 0 unspecified atom stereocenters. The quantitative estimate of drug-likeness (QED) is 0.506. The number of carbonyl (C=O) groups is 1. The molecule has 0 aliphatic heterocycles. The number of benzene rings is 3. The van der Waals surface area contributed by atoms with Gasteiger partial charge in [-0.1, -0.05) is 12.1 Å². The number of nitrogens with zero attached hydrogens (tertiary/aromatic N) is 1. The Kier molecular flexibility index (Phi) is 7.32. The minimum Gasteiger partial charge on any atom is -0.497 e. The molecular weight excluding hydrogens is 476 g/mol. The molecule has 34 heavy (non-hydrogen) atoms. The first-order valence-electron chi connectivity index (χ1n) is 10.3. The van der Waals surface area contributed by atoms with Gasteiger partial charge in [0.15, 0.2) is 9.84 Å². The first-order chi connectivity index (χ1) is 15.9. The second-order valence-electron chi connectivity index (χ2n) is 7.73. The van der Waals surface area contributed by atoms with Crippen LogP contribution in [0.5, 0.6) is 5.75 Å². The van der Waals surface area contributed by atoms with Crippen molar-refractivity contribution >= 4 is 31.5 Å². The van der Waals surface area contributed by atoms with E-state index in [-0.39, 0.29) is 21.7 Å². The van der Waals surface area contributed by atoms with Gasteiger partial charge in [0.05, 0.1) is 28.6 Å². The highest BCUT2D eigenvalue weighted by Gasteiger charge is 2.22. The van der Waals surface area contributed by atoms with Crippen molar-refractivity contribution in [1.82, 2.24) is 5.32 Å². The molecular formula is C24H26N2O6S2. The number of carbonyl (C=O) groups excluding carboxylic acids is 1. The van der Waals surface area contributed by atoms with E-state index in [2.05, 4.69) is 5.32 Å². The Morgan fingerprint density at radius 1 is 0.853 bits per heavy atom. The molecule has 180 valence electrons. The summed E-state index contributed by atoms with van der Waals surface area (Å²) in [6.07, 6.45) is 1.14. The van der Waals surface area contributed by atoms with Crippen LogP contribution >= 0.6 is 0 Å². The van der Waals surface area contributed by atoms with E-state index in [1.807, 2.05) is 0 Å². The third-order valence-electron chi connectivity index (χ3n) is 5.37. The highest BCUT2D eigenvalue weighted by Crippen LogP contribution is 2.24. The van der Waals surface area contributed by atoms with Crippen molar-refractivity contribution in [2.45, 2.75) is 22.8 Å². The summed E-state index contributed by atoms with van der Waals surface area (Å²) in [5.74, 6) is 0.212. The maximum absolute atomic E-state index is 12.9. The Hall–Kier alpha value is -3.37. The zero-order valence-corrected chi connectivity index (χ0v) is 20.9. The van der Waals surface area contributed by atoms with Crippen LogP contribution in [-0.4, -0.2) is 43.2 Å². The average Bonchev–Trinajstić information content (AvgIpc) is 2.83. The van der Waals surface area contributed by atoms with Crippen LogP contribution in [0.4, 0.5) is 5.69 Å². The van der Waals surface area contributed by atoms with Gasteiger partial charge < -0.3 is 10.1 Å². The molecule has 0 aromatic heterocycles. The van der Waals surface area contributed by atoms with Crippen LogP contribution < -0.4 is 14.4 Å². The molecule has 3 aromatic carbocycles. The summed E-state index contributed by atoms with van der Waals surface area (Å²) in [5, 5.41) is 2.85. The lowest BCUT2D eigenvalue weighted by molar-refractivity contribution is 0.0940. The first-order valence-corrected chi connectivity index (χ1v) is 13.6. The van der Waals surface area contributed by atoms with Crippen LogP contribution in [-0.2, 0) is 19.9 Å². The summed E-state index contributed by atoms with van der Waals surface area (Å²) in [6, 6.07) is 18.2. The number of amides is 1. The standard InChI is InChI=1S/C24H26N2O6S2/c1-17(18-7-13-22(14-8-18)33(4,28)29)25-24(27)19-5-9-20(10-6-19)26(2)34(30,31)23-15-11-21(32-3)12-16-23/h5-17H,1-4H3,(H,25,27)/t17-/m1/s1. The molecule has 3 aromatic rings. The van der Waals surface area contributed by atoms with Gasteiger partial charge in [0, 0.05) is 18.9 Å². The summed E-state index contributed by atoms with van der Waals surface area (Å²) in [7, 11) is -4.13. The number of anilines is 1. The van der Waals surface area contributed by atoms with Crippen molar-refractivity contribution in [3.63, 3.8) is 0 Å². The molecule has 1 atom stereocenters. The fourth-order valence-electron chi connectivity index (χ4n) is 3.23. The molecule has 1 N–H and O–H groups in total. The summed E-state index contributed by atoms with van der Waals surface area (Å²) in [4.78, 5) is 13.0. The molecule has 0 fully saturated rings. The smallest absolute Gasteiger partial charge is 0.264 e. The topological polar surface area (TPSA) is 110 Å². The number of sulfonamides is 1. The number of hydrogen-bond donors (Lipinski definition) is 1. The lowest BCUT2D eigenvalue weighted by atomic mass is 10.1. The number of rotatable bonds is 8. The third-order valence-corrected chi connectivity index (χ3v) is 8.30. The number of sulfone groups is 1. The van der Waals surface area contributed by atoms with E-state index in [0.29, 0.717) is 17.0 Å². The fraction of sp³-hybridized carbons (Fsp3) is 0.208. The Morgan fingerprint density at radius 3 is 1.88 bits per heavy atom. The van der Waals surface area contributed by atoms with E-state index < -0.39 is 19.9 Å². The predicted molar refractivity (Wildman–Crippen MR) is 130 cm³/mol. The fourth-order valence-corrected chi connectivity index (χ4v) is 5.06. The first kappa shape index (κ1) is 25.3. The van der Waals surface area contributed by atoms with Crippen LogP contribution in [0.15, 0.2) is 82.6 Å². The molecule has 0 spiro atoms. The van der Waals surface area contributed by atoms with Crippen molar-refractivity contribution in [1.29, 1.82) is 0 Å². The van der Waals surface area contributed by atoms with Crippen LogP contribution in [0.3, 0.4) is 0 Å². The van der Waals surface area contributed by atoms with Gasteiger partial charge in [-0.2, -0.15) is 0 Å². The van der Waals surface area contributed by atoms with E-state index >= 15 is 0 Å². The highest BCUT2D eigenvalue weighted by atomic mass is 32.2. The Labute approximate surface area is 200 Å². The maximum atomic E-state index is 12.9. The Balaban J connectivity index is 1.71. The maximum Gasteiger partial charge on any atom is 0.264 e. The van der Waals surface area contributed by atoms with Gasteiger partial charge in [-0.15, -0.1) is 0 Å². The number of nitrogens with one attached hydrogen (secondary N) is 1. The molecule has 0 radical (unpaired) electrons. The monoisotopic (exact) mass is 502 g/mol.